The van der Waals surface area contributed by atoms with E-state index in [0.29, 0.717) is 19.0 Å². The molecule has 0 bridgehead atoms. The molecule has 1 unspecified atom stereocenters. The Morgan fingerprint density at radius 2 is 2.13 bits per heavy atom. The van der Waals surface area contributed by atoms with E-state index in [2.05, 4.69) is 4.98 Å². The van der Waals surface area contributed by atoms with Crippen molar-refractivity contribution in [3.05, 3.63) is 24.0 Å². The summed E-state index contributed by atoms with van der Waals surface area (Å²) in [4.78, 5) is 3.99. The van der Waals surface area contributed by atoms with Gasteiger partial charge in [-0.25, -0.2) is 0 Å². The molecule has 4 nitrogen and oxygen atoms in total. The zero-order chi connectivity index (χ0) is 11.1. The average Bonchev–Trinajstić information content (AvgIpc) is 2.27. The van der Waals surface area contributed by atoms with Gasteiger partial charge in [-0.1, -0.05) is 0 Å². The number of aliphatic hydroxyl groups is 1. The van der Waals surface area contributed by atoms with Crippen molar-refractivity contribution in [2.24, 2.45) is 0 Å². The van der Waals surface area contributed by atoms with Crippen LogP contribution in [0.4, 0.5) is 0 Å². The van der Waals surface area contributed by atoms with E-state index in [-0.39, 0.29) is 6.61 Å². The van der Waals surface area contributed by atoms with Crippen LogP contribution < -0.4 is 4.74 Å². The summed E-state index contributed by atoms with van der Waals surface area (Å²) < 4.78 is 10.4. The largest absolute Gasteiger partial charge is 0.492 e. The van der Waals surface area contributed by atoms with Crippen molar-refractivity contribution < 1.29 is 14.6 Å². The smallest absolute Gasteiger partial charge is 0.137 e. The molecule has 0 aliphatic carbocycles. The molecule has 1 aromatic rings. The fourth-order valence-electron chi connectivity index (χ4n) is 1.19. The van der Waals surface area contributed by atoms with Gasteiger partial charge in [0.15, 0.2) is 0 Å². The lowest BCUT2D eigenvalue weighted by atomic mass is 10.2. The van der Waals surface area contributed by atoms with Crippen LogP contribution in [0.3, 0.4) is 0 Å². The van der Waals surface area contributed by atoms with Crippen LogP contribution in [0.1, 0.15) is 25.5 Å². The Balaban J connectivity index is 2.62. The molecular weight excluding hydrogens is 194 g/mol. The molecule has 4 heteroatoms. The van der Waals surface area contributed by atoms with Gasteiger partial charge < -0.3 is 14.6 Å². The average molecular weight is 211 g/mol. The third-order valence-electron chi connectivity index (χ3n) is 1.91. The molecule has 0 saturated heterocycles. The van der Waals surface area contributed by atoms with Crippen molar-refractivity contribution in [1.82, 2.24) is 4.98 Å². The molecule has 1 N–H and O–H groups in total. The molecule has 84 valence electrons. The number of pyridine rings is 1. The maximum Gasteiger partial charge on any atom is 0.137 e. The first-order valence-electron chi connectivity index (χ1n) is 5.11. The third kappa shape index (κ3) is 3.85. The molecule has 0 saturated carbocycles. The van der Waals surface area contributed by atoms with Crippen molar-refractivity contribution in [2.45, 2.75) is 20.0 Å². The van der Waals surface area contributed by atoms with Crippen molar-refractivity contribution in [2.75, 3.05) is 19.8 Å². The zero-order valence-electron chi connectivity index (χ0n) is 9.14. The van der Waals surface area contributed by atoms with E-state index in [1.165, 1.54) is 0 Å². The second-order valence-electron chi connectivity index (χ2n) is 3.06. The van der Waals surface area contributed by atoms with E-state index >= 15 is 0 Å². The third-order valence-corrected chi connectivity index (χ3v) is 1.91. The lowest BCUT2D eigenvalue weighted by Gasteiger charge is -2.11. The monoisotopic (exact) mass is 211 g/mol. The van der Waals surface area contributed by atoms with Crippen LogP contribution in [-0.4, -0.2) is 29.9 Å². The Hall–Kier alpha value is -1.13. The van der Waals surface area contributed by atoms with Gasteiger partial charge in [0, 0.05) is 18.4 Å². The lowest BCUT2D eigenvalue weighted by Crippen LogP contribution is -2.07. The van der Waals surface area contributed by atoms with Gasteiger partial charge in [0.2, 0.25) is 0 Å². The van der Waals surface area contributed by atoms with E-state index in [0.717, 1.165) is 5.56 Å². The highest BCUT2D eigenvalue weighted by molar-refractivity contribution is 5.25. The topological polar surface area (TPSA) is 51.6 Å². The van der Waals surface area contributed by atoms with E-state index in [1.54, 1.807) is 18.5 Å². The highest BCUT2D eigenvalue weighted by Gasteiger charge is 2.08. The Kier molecular flexibility index (Phi) is 5.07. The minimum atomic E-state index is -0.641. The Bertz CT molecular complexity index is 291. The van der Waals surface area contributed by atoms with Crippen LogP contribution in [0.5, 0.6) is 5.75 Å². The first kappa shape index (κ1) is 11.9. The molecule has 1 heterocycles. The van der Waals surface area contributed by atoms with Crippen molar-refractivity contribution in [3.63, 3.8) is 0 Å². The predicted octanol–water partition coefficient (Wildman–Crippen LogP) is 1.55. The molecule has 0 aromatic carbocycles. The molecule has 0 fully saturated rings. The highest BCUT2D eigenvalue weighted by Crippen LogP contribution is 2.17. The van der Waals surface area contributed by atoms with E-state index in [9.17, 15) is 5.11 Å². The molecule has 0 amide bonds. The van der Waals surface area contributed by atoms with E-state index < -0.39 is 6.10 Å². The Labute approximate surface area is 89.9 Å². The number of hydrogen-bond donors (Lipinski definition) is 1. The molecule has 0 spiro atoms. The maximum atomic E-state index is 9.72. The summed E-state index contributed by atoms with van der Waals surface area (Å²) in [7, 11) is 0. The van der Waals surface area contributed by atoms with Gasteiger partial charge in [-0.15, -0.1) is 0 Å². The SMILES string of the molecule is CCOCC(O)c1cncc(OCC)c1. The van der Waals surface area contributed by atoms with Crippen molar-refractivity contribution in [3.8, 4) is 5.75 Å². The Morgan fingerprint density at radius 3 is 2.80 bits per heavy atom. The second-order valence-corrected chi connectivity index (χ2v) is 3.06. The van der Waals surface area contributed by atoms with Gasteiger partial charge in [0.25, 0.3) is 0 Å². The van der Waals surface area contributed by atoms with Gasteiger partial charge in [-0.3, -0.25) is 4.98 Å². The van der Waals surface area contributed by atoms with Crippen LogP contribution in [0, 0.1) is 0 Å². The van der Waals surface area contributed by atoms with Crippen LogP contribution in [0.25, 0.3) is 0 Å². The van der Waals surface area contributed by atoms with Gasteiger partial charge in [0.05, 0.1) is 19.4 Å². The standard InChI is InChI=1S/C11H17NO3/c1-3-14-8-11(13)9-5-10(15-4-2)7-12-6-9/h5-7,11,13H,3-4,8H2,1-2H3. The number of nitrogens with zero attached hydrogens (tertiary/aromatic N) is 1. The molecule has 0 radical (unpaired) electrons. The van der Waals surface area contributed by atoms with Crippen molar-refractivity contribution >= 4 is 0 Å². The number of rotatable bonds is 6. The normalized spacial score (nSPS) is 12.5. The minimum absolute atomic E-state index is 0.285. The molecular formula is C11H17NO3. The first-order chi connectivity index (χ1) is 7.27. The first-order valence-corrected chi connectivity index (χ1v) is 5.11. The number of aromatic nitrogens is 1. The van der Waals surface area contributed by atoms with Crippen LogP contribution in [0.2, 0.25) is 0 Å². The highest BCUT2D eigenvalue weighted by atomic mass is 16.5. The number of hydrogen-bond acceptors (Lipinski definition) is 4. The fourth-order valence-corrected chi connectivity index (χ4v) is 1.19. The molecule has 0 aliphatic rings. The lowest BCUT2D eigenvalue weighted by molar-refractivity contribution is 0.0417. The molecule has 15 heavy (non-hydrogen) atoms. The number of aliphatic hydroxyl groups excluding tert-OH is 1. The van der Waals surface area contributed by atoms with E-state index in [4.69, 9.17) is 9.47 Å². The zero-order valence-corrected chi connectivity index (χ0v) is 9.14. The van der Waals surface area contributed by atoms with Gasteiger partial charge >= 0.3 is 0 Å². The van der Waals surface area contributed by atoms with Gasteiger partial charge in [-0.2, -0.15) is 0 Å². The number of ether oxygens (including phenoxy) is 2. The molecule has 1 rings (SSSR count). The fraction of sp³-hybridized carbons (Fsp3) is 0.545. The summed E-state index contributed by atoms with van der Waals surface area (Å²) in [6.45, 7) is 5.26. The maximum absolute atomic E-state index is 9.72. The Morgan fingerprint density at radius 1 is 1.33 bits per heavy atom. The summed E-state index contributed by atoms with van der Waals surface area (Å²) >= 11 is 0. The molecule has 1 aromatic heterocycles. The van der Waals surface area contributed by atoms with E-state index in [1.807, 2.05) is 13.8 Å². The molecule has 0 aliphatic heterocycles. The van der Waals surface area contributed by atoms with Crippen LogP contribution in [-0.2, 0) is 4.74 Å². The van der Waals surface area contributed by atoms with Crippen LogP contribution >= 0.6 is 0 Å². The quantitative estimate of drug-likeness (QED) is 0.775. The van der Waals surface area contributed by atoms with Gasteiger partial charge in [0.1, 0.15) is 11.9 Å². The summed E-state index contributed by atoms with van der Waals surface area (Å²) in [5, 5.41) is 9.72. The summed E-state index contributed by atoms with van der Waals surface area (Å²) in [5.74, 6) is 0.672. The van der Waals surface area contributed by atoms with Crippen LogP contribution in [0.15, 0.2) is 18.5 Å². The second kappa shape index (κ2) is 6.37. The van der Waals surface area contributed by atoms with Crippen molar-refractivity contribution in [1.29, 1.82) is 0 Å². The summed E-state index contributed by atoms with van der Waals surface area (Å²) in [5.41, 5.74) is 0.717. The summed E-state index contributed by atoms with van der Waals surface area (Å²) in [6.07, 6.45) is 2.60. The minimum Gasteiger partial charge on any atom is -0.492 e. The summed E-state index contributed by atoms with van der Waals surface area (Å²) in [6, 6.07) is 1.78. The predicted molar refractivity (Wildman–Crippen MR) is 56.9 cm³/mol. The van der Waals surface area contributed by atoms with Gasteiger partial charge in [-0.05, 0) is 19.9 Å². The molecule has 1 atom stereocenters.